The van der Waals surface area contributed by atoms with Crippen LogP contribution in [0.3, 0.4) is 0 Å². The number of benzene rings is 1. The quantitative estimate of drug-likeness (QED) is 0.614. The summed E-state index contributed by atoms with van der Waals surface area (Å²) < 4.78 is 16.0. The Morgan fingerprint density at radius 3 is 2.14 bits per heavy atom. The number of guanidine groups is 1. The molecule has 0 aliphatic heterocycles. The van der Waals surface area contributed by atoms with Gasteiger partial charge in [-0.25, -0.2) is 4.99 Å². The molecule has 0 heterocycles. The van der Waals surface area contributed by atoms with Gasteiger partial charge in [0.25, 0.3) is 0 Å². The topological polar surface area (TPSA) is 69.3 Å². The second kappa shape index (κ2) is 8.24. The highest BCUT2D eigenvalue weighted by Gasteiger charge is 2.15. The molecule has 1 aromatic carbocycles. The molecule has 0 saturated carbocycles. The van der Waals surface area contributed by atoms with Gasteiger partial charge in [-0.1, -0.05) is 0 Å². The Labute approximate surface area is 126 Å². The van der Waals surface area contributed by atoms with Crippen LogP contribution in [0.1, 0.15) is 19.4 Å². The molecule has 0 fully saturated rings. The van der Waals surface area contributed by atoms with Gasteiger partial charge < -0.3 is 24.8 Å². The Morgan fingerprint density at radius 1 is 1.05 bits per heavy atom. The standard InChI is InChI=1S/C15H25N3O3/c1-6-18(7-2)15(16)17-10-11-8-9-12(19-3)14(21-5)13(11)20-4/h8-9H,6-7,10H2,1-5H3,(H2,16,17). The van der Waals surface area contributed by atoms with E-state index in [1.54, 1.807) is 21.3 Å². The second-order valence-electron chi connectivity index (χ2n) is 4.34. The molecule has 0 atom stereocenters. The van der Waals surface area contributed by atoms with Crippen LogP contribution in [0, 0.1) is 0 Å². The summed E-state index contributed by atoms with van der Waals surface area (Å²) >= 11 is 0. The maximum absolute atomic E-state index is 5.98. The summed E-state index contributed by atoms with van der Waals surface area (Å²) in [6.45, 7) is 6.17. The average Bonchev–Trinajstić information content (AvgIpc) is 2.52. The SMILES string of the molecule is CCN(CC)C(N)=NCc1ccc(OC)c(OC)c1OC. The zero-order valence-corrected chi connectivity index (χ0v) is 13.5. The van der Waals surface area contributed by atoms with E-state index in [2.05, 4.69) is 4.99 Å². The van der Waals surface area contributed by atoms with Crippen molar-refractivity contribution < 1.29 is 14.2 Å². The van der Waals surface area contributed by atoms with E-state index in [-0.39, 0.29) is 0 Å². The van der Waals surface area contributed by atoms with Gasteiger partial charge in [-0.3, -0.25) is 0 Å². The molecule has 2 N–H and O–H groups in total. The molecule has 6 heteroatoms. The number of nitrogens with two attached hydrogens (primary N) is 1. The van der Waals surface area contributed by atoms with Gasteiger partial charge in [-0.2, -0.15) is 0 Å². The summed E-state index contributed by atoms with van der Waals surface area (Å²) in [7, 11) is 4.77. The summed E-state index contributed by atoms with van der Waals surface area (Å²) in [5.74, 6) is 2.33. The van der Waals surface area contributed by atoms with Crippen molar-refractivity contribution in [3.8, 4) is 17.2 Å². The van der Waals surface area contributed by atoms with Crippen molar-refractivity contribution in [1.29, 1.82) is 0 Å². The van der Waals surface area contributed by atoms with Crippen LogP contribution in [-0.2, 0) is 6.54 Å². The summed E-state index contributed by atoms with van der Waals surface area (Å²) in [6, 6.07) is 3.74. The minimum absolute atomic E-state index is 0.422. The van der Waals surface area contributed by atoms with Gasteiger partial charge in [0.15, 0.2) is 17.5 Å². The molecule has 0 aliphatic rings. The largest absolute Gasteiger partial charge is 0.493 e. The average molecular weight is 295 g/mol. The zero-order chi connectivity index (χ0) is 15.8. The molecule has 1 aromatic rings. The molecule has 1 rings (SSSR count). The molecule has 0 bridgehead atoms. The van der Waals surface area contributed by atoms with Crippen molar-refractivity contribution >= 4 is 5.96 Å². The second-order valence-corrected chi connectivity index (χ2v) is 4.34. The van der Waals surface area contributed by atoms with Crippen LogP contribution in [0.25, 0.3) is 0 Å². The number of nitrogens with zero attached hydrogens (tertiary/aromatic N) is 2. The van der Waals surface area contributed by atoms with Crippen molar-refractivity contribution in [2.45, 2.75) is 20.4 Å². The third-order valence-electron chi connectivity index (χ3n) is 3.28. The predicted octanol–water partition coefficient (Wildman–Crippen LogP) is 1.87. The molecule has 0 saturated heterocycles. The molecule has 0 amide bonds. The normalized spacial score (nSPS) is 11.2. The molecular weight excluding hydrogens is 270 g/mol. The summed E-state index contributed by atoms with van der Waals surface area (Å²) in [6.07, 6.45) is 0. The van der Waals surface area contributed by atoms with Crippen molar-refractivity contribution in [3.05, 3.63) is 17.7 Å². The minimum atomic E-state index is 0.422. The van der Waals surface area contributed by atoms with Crippen LogP contribution in [0.5, 0.6) is 17.2 Å². The fourth-order valence-corrected chi connectivity index (χ4v) is 2.10. The Kier molecular flexibility index (Phi) is 6.65. The third kappa shape index (κ3) is 3.93. The fourth-order valence-electron chi connectivity index (χ4n) is 2.10. The number of hydrogen-bond donors (Lipinski definition) is 1. The summed E-state index contributed by atoms with van der Waals surface area (Å²) in [4.78, 5) is 6.41. The molecule has 0 spiro atoms. The minimum Gasteiger partial charge on any atom is -0.493 e. The van der Waals surface area contributed by atoms with Crippen molar-refractivity contribution in [3.63, 3.8) is 0 Å². The Morgan fingerprint density at radius 2 is 1.67 bits per heavy atom. The van der Waals surface area contributed by atoms with Gasteiger partial charge in [-0.15, -0.1) is 0 Å². The molecule has 0 aromatic heterocycles. The number of ether oxygens (including phenoxy) is 3. The van der Waals surface area contributed by atoms with E-state index >= 15 is 0 Å². The van der Waals surface area contributed by atoms with Gasteiger partial charge in [0.2, 0.25) is 5.75 Å². The zero-order valence-electron chi connectivity index (χ0n) is 13.5. The first-order valence-electron chi connectivity index (χ1n) is 6.95. The van der Waals surface area contributed by atoms with Gasteiger partial charge in [0.05, 0.1) is 27.9 Å². The first-order chi connectivity index (χ1) is 10.1. The van der Waals surface area contributed by atoms with E-state index in [1.165, 1.54) is 0 Å². The summed E-state index contributed by atoms with van der Waals surface area (Å²) in [5.41, 5.74) is 6.88. The lowest BCUT2D eigenvalue weighted by Gasteiger charge is -2.20. The summed E-state index contributed by atoms with van der Waals surface area (Å²) in [5, 5.41) is 0. The van der Waals surface area contributed by atoms with Crippen molar-refractivity contribution in [1.82, 2.24) is 4.90 Å². The highest BCUT2D eigenvalue weighted by molar-refractivity contribution is 5.78. The van der Waals surface area contributed by atoms with Crippen LogP contribution in [-0.4, -0.2) is 45.3 Å². The molecule has 21 heavy (non-hydrogen) atoms. The number of hydrogen-bond acceptors (Lipinski definition) is 4. The van der Waals surface area contributed by atoms with E-state index < -0.39 is 0 Å². The molecule has 118 valence electrons. The maximum atomic E-state index is 5.98. The van der Waals surface area contributed by atoms with E-state index in [0.29, 0.717) is 29.8 Å². The predicted molar refractivity (Wildman–Crippen MR) is 84.3 cm³/mol. The van der Waals surface area contributed by atoms with Gasteiger partial charge >= 0.3 is 0 Å². The van der Waals surface area contributed by atoms with Crippen LogP contribution in [0.4, 0.5) is 0 Å². The highest BCUT2D eigenvalue weighted by atomic mass is 16.5. The monoisotopic (exact) mass is 295 g/mol. The molecule has 0 aliphatic carbocycles. The van der Waals surface area contributed by atoms with Crippen molar-refractivity contribution in [2.75, 3.05) is 34.4 Å². The Bertz CT molecular complexity index is 485. The third-order valence-corrected chi connectivity index (χ3v) is 3.28. The van der Waals surface area contributed by atoms with Gasteiger partial charge in [0.1, 0.15) is 0 Å². The fraction of sp³-hybridized carbons (Fsp3) is 0.533. The lowest BCUT2D eigenvalue weighted by atomic mass is 10.1. The van der Waals surface area contributed by atoms with Crippen LogP contribution < -0.4 is 19.9 Å². The molecule has 0 radical (unpaired) electrons. The van der Waals surface area contributed by atoms with Crippen molar-refractivity contribution in [2.24, 2.45) is 10.7 Å². The van der Waals surface area contributed by atoms with E-state index in [4.69, 9.17) is 19.9 Å². The van der Waals surface area contributed by atoms with Gasteiger partial charge in [-0.05, 0) is 26.0 Å². The Hall–Kier alpha value is -2.11. The lowest BCUT2D eigenvalue weighted by molar-refractivity contribution is 0.322. The first-order valence-corrected chi connectivity index (χ1v) is 6.95. The maximum Gasteiger partial charge on any atom is 0.203 e. The number of rotatable bonds is 7. The molecule has 6 nitrogen and oxygen atoms in total. The van der Waals surface area contributed by atoms with Gasteiger partial charge in [0, 0.05) is 18.7 Å². The van der Waals surface area contributed by atoms with Crippen LogP contribution in [0.2, 0.25) is 0 Å². The Balaban J connectivity index is 3.06. The smallest absolute Gasteiger partial charge is 0.203 e. The van der Waals surface area contributed by atoms with E-state index in [0.717, 1.165) is 18.7 Å². The number of methoxy groups -OCH3 is 3. The first kappa shape index (κ1) is 16.9. The molecule has 0 unspecified atom stereocenters. The van der Waals surface area contributed by atoms with Crippen LogP contribution >= 0.6 is 0 Å². The van der Waals surface area contributed by atoms with E-state index in [9.17, 15) is 0 Å². The van der Waals surface area contributed by atoms with E-state index in [1.807, 2.05) is 30.9 Å². The lowest BCUT2D eigenvalue weighted by Crippen LogP contribution is -2.37. The van der Waals surface area contributed by atoms with Crippen LogP contribution in [0.15, 0.2) is 17.1 Å². The molecular formula is C15H25N3O3. The highest BCUT2D eigenvalue weighted by Crippen LogP contribution is 2.39. The number of aliphatic imine (C=N–C) groups is 1.